The van der Waals surface area contributed by atoms with Gasteiger partial charge in [-0.15, -0.1) is 5.11 Å². The standard InChI is InChI=1S/C30H30N4O4/c1-3-17-30(31,4-2)21-11-15-23(16-12-21)33-34-26-24-8-6-5-7-20(24)18-25(27(26)35)28(36)32-22-13-9-19(10-14-22)29(37)38/h5-16,18,35H,3-4,17,31H2,1-2H3,(H,32,36)(H,37,38)/b34-33-. The number of nitrogens with one attached hydrogen (secondary N) is 1. The van der Waals surface area contributed by atoms with E-state index in [-0.39, 0.29) is 22.6 Å². The Balaban J connectivity index is 1.66. The molecule has 1 unspecified atom stereocenters. The summed E-state index contributed by atoms with van der Waals surface area (Å²) in [4.78, 5) is 24.1. The third kappa shape index (κ3) is 5.55. The molecule has 0 saturated carbocycles. The quantitative estimate of drug-likeness (QED) is 0.175. The molecule has 0 aliphatic carbocycles. The van der Waals surface area contributed by atoms with Gasteiger partial charge in [0, 0.05) is 16.6 Å². The van der Waals surface area contributed by atoms with E-state index < -0.39 is 17.4 Å². The van der Waals surface area contributed by atoms with Crippen molar-refractivity contribution in [1.29, 1.82) is 0 Å². The number of carbonyl (C=O) groups is 2. The van der Waals surface area contributed by atoms with Crippen LogP contribution in [0.1, 0.15) is 59.4 Å². The van der Waals surface area contributed by atoms with Crippen LogP contribution in [0.25, 0.3) is 10.8 Å². The molecule has 1 atom stereocenters. The number of aromatic hydroxyl groups is 1. The highest BCUT2D eigenvalue weighted by molar-refractivity contribution is 6.11. The van der Waals surface area contributed by atoms with E-state index in [4.69, 9.17) is 10.8 Å². The maximum atomic E-state index is 13.1. The van der Waals surface area contributed by atoms with Crippen LogP contribution in [0.4, 0.5) is 17.1 Å². The van der Waals surface area contributed by atoms with Crippen molar-refractivity contribution in [2.75, 3.05) is 5.32 Å². The van der Waals surface area contributed by atoms with Gasteiger partial charge in [-0.1, -0.05) is 56.7 Å². The summed E-state index contributed by atoms with van der Waals surface area (Å²) < 4.78 is 0. The largest absolute Gasteiger partial charge is 0.505 e. The zero-order chi connectivity index (χ0) is 27.3. The third-order valence-electron chi connectivity index (χ3n) is 6.66. The van der Waals surface area contributed by atoms with Crippen molar-refractivity contribution in [3.05, 3.63) is 95.6 Å². The molecule has 0 spiro atoms. The van der Waals surface area contributed by atoms with Gasteiger partial charge >= 0.3 is 5.97 Å². The van der Waals surface area contributed by atoms with Crippen LogP contribution < -0.4 is 11.1 Å². The summed E-state index contributed by atoms with van der Waals surface area (Å²) in [7, 11) is 0. The molecule has 1 amide bonds. The highest BCUT2D eigenvalue weighted by Crippen LogP contribution is 2.40. The van der Waals surface area contributed by atoms with Gasteiger partial charge in [-0.3, -0.25) is 4.79 Å². The van der Waals surface area contributed by atoms with E-state index in [9.17, 15) is 14.7 Å². The van der Waals surface area contributed by atoms with Crippen molar-refractivity contribution < 1.29 is 19.8 Å². The Kier molecular flexibility index (Phi) is 7.83. The highest BCUT2D eigenvalue weighted by atomic mass is 16.4. The molecule has 0 aliphatic heterocycles. The first-order valence-corrected chi connectivity index (χ1v) is 12.5. The first-order valence-electron chi connectivity index (χ1n) is 12.5. The predicted molar refractivity (Wildman–Crippen MR) is 149 cm³/mol. The lowest BCUT2D eigenvalue weighted by atomic mass is 9.84. The molecule has 8 heteroatoms. The molecule has 4 aromatic carbocycles. The van der Waals surface area contributed by atoms with Crippen molar-refractivity contribution in [2.45, 2.75) is 38.6 Å². The fraction of sp³-hybridized carbons (Fsp3) is 0.200. The Morgan fingerprint density at radius 1 is 0.947 bits per heavy atom. The van der Waals surface area contributed by atoms with Crippen molar-refractivity contribution >= 4 is 39.7 Å². The second-order valence-electron chi connectivity index (χ2n) is 9.19. The summed E-state index contributed by atoms with van der Waals surface area (Å²) in [6.07, 6.45) is 2.68. The molecule has 0 aromatic heterocycles. The number of hydrogen-bond acceptors (Lipinski definition) is 6. The van der Waals surface area contributed by atoms with Crippen LogP contribution >= 0.6 is 0 Å². The van der Waals surface area contributed by atoms with Crippen LogP contribution in [0, 0.1) is 0 Å². The maximum Gasteiger partial charge on any atom is 0.335 e. The number of carboxylic acids is 1. The summed E-state index contributed by atoms with van der Waals surface area (Å²) in [5.41, 5.74) is 8.50. The lowest BCUT2D eigenvalue weighted by Gasteiger charge is -2.28. The molecule has 0 heterocycles. The molecule has 0 radical (unpaired) electrons. The van der Waals surface area contributed by atoms with E-state index in [1.54, 1.807) is 12.1 Å². The minimum atomic E-state index is -1.06. The number of nitrogens with two attached hydrogens (primary N) is 1. The number of rotatable bonds is 9. The molecule has 38 heavy (non-hydrogen) atoms. The van der Waals surface area contributed by atoms with Gasteiger partial charge in [-0.2, -0.15) is 5.11 Å². The molecule has 4 rings (SSSR count). The zero-order valence-electron chi connectivity index (χ0n) is 21.3. The highest BCUT2D eigenvalue weighted by Gasteiger charge is 2.24. The number of amides is 1. The normalized spacial score (nSPS) is 12.9. The lowest BCUT2D eigenvalue weighted by molar-refractivity contribution is 0.0696. The molecular weight excluding hydrogens is 480 g/mol. The van der Waals surface area contributed by atoms with Gasteiger partial charge in [0.05, 0.1) is 16.8 Å². The molecule has 194 valence electrons. The number of nitrogens with zero attached hydrogens (tertiary/aromatic N) is 2. The van der Waals surface area contributed by atoms with Crippen LogP contribution in [0.5, 0.6) is 5.75 Å². The monoisotopic (exact) mass is 510 g/mol. The van der Waals surface area contributed by atoms with E-state index in [0.29, 0.717) is 22.1 Å². The Morgan fingerprint density at radius 3 is 2.26 bits per heavy atom. The molecule has 8 nitrogen and oxygen atoms in total. The van der Waals surface area contributed by atoms with E-state index in [2.05, 4.69) is 29.4 Å². The van der Waals surface area contributed by atoms with E-state index in [0.717, 1.165) is 24.8 Å². The van der Waals surface area contributed by atoms with E-state index in [1.807, 2.05) is 42.5 Å². The van der Waals surface area contributed by atoms with Gasteiger partial charge in [0.15, 0.2) is 5.75 Å². The SMILES string of the molecule is CCCC(N)(CC)c1ccc(/N=N\c2c(O)c(C(=O)Nc3ccc(C(=O)O)cc3)cc3ccccc23)cc1. The Labute approximate surface area is 220 Å². The van der Waals surface area contributed by atoms with Crippen molar-refractivity contribution in [3.63, 3.8) is 0 Å². The summed E-state index contributed by atoms with van der Waals surface area (Å²) in [6.45, 7) is 4.19. The van der Waals surface area contributed by atoms with E-state index in [1.165, 1.54) is 24.3 Å². The van der Waals surface area contributed by atoms with Crippen molar-refractivity contribution in [1.82, 2.24) is 0 Å². The topological polar surface area (TPSA) is 137 Å². The molecule has 0 saturated heterocycles. The smallest absolute Gasteiger partial charge is 0.335 e. The predicted octanol–water partition coefficient (Wildman–Crippen LogP) is 7.28. The number of phenols is 1. The number of aromatic carboxylic acids is 1. The minimum absolute atomic E-state index is 0.0192. The van der Waals surface area contributed by atoms with Crippen LogP contribution in [0.3, 0.4) is 0 Å². The first kappa shape index (κ1) is 26.5. The van der Waals surface area contributed by atoms with Gasteiger partial charge in [-0.25, -0.2) is 4.79 Å². The van der Waals surface area contributed by atoms with Gasteiger partial charge in [0.1, 0.15) is 5.69 Å². The maximum absolute atomic E-state index is 13.1. The third-order valence-corrected chi connectivity index (χ3v) is 6.66. The molecule has 4 aromatic rings. The lowest BCUT2D eigenvalue weighted by Crippen LogP contribution is -2.35. The zero-order valence-corrected chi connectivity index (χ0v) is 21.3. The van der Waals surface area contributed by atoms with Crippen LogP contribution in [0.2, 0.25) is 0 Å². The fourth-order valence-electron chi connectivity index (χ4n) is 4.43. The van der Waals surface area contributed by atoms with Gasteiger partial charge in [0.2, 0.25) is 0 Å². The average Bonchev–Trinajstić information content (AvgIpc) is 2.93. The fourth-order valence-corrected chi connectivity index (χ4v) is 4.43. The van der Waals surface area contributed by atoms with Crippen molar-refractivity contribution in [2.24, 2.45) is 16.0 Å². The van der Waals surface area contributed by atoms with Crippen LogP contribution in [-0.4, -0.2) is 22.1 Å². The van der Waals surface area contributed by atoms with E-state index >= 15 is 0 Å². The number of carboxylic acid groups (broad SMARTS) is 1. The average molecular weight is 511 g/mol. The second-order valence-corrected chi connectivity index (χ2v) is 9.19. The number of phenolic OH excluding ortho intramolecular Hbond substituents is 1. The second kappa shape index (κ2) is 11.2. The summed E-state index contributed by atoms with van der Waals surface area (Å²) in [6, 6.07) is 22.2. The van der Waals surface area contributed by atoms with Gasteiger partial charge in [-0.05, 0) is 66.3 Å². The molecule has 0 fully saturated rings. The number of azo groups is 1. The number of benzene rings is 4. The first-order chi connectivity index (χ1) is 18.3. The summed E-state index contributed by atoms with van der Waals surface area (Å²) in [5, 5.41) is 32.8. The van der Waals surface area contributed by atoms with Gasteiger partial charge in [0.25, 0.3) is 5.91 Å². The minimum Gasteiger partial charge on any atom is -0.505 e. The Hall–Kier alpha value is -4.56. The number of anilines is 1. The molecule has 5 N–H and O–H groups in total. The Bertz CT molecular complexity index is 1500. The van der Waals surface area contributed by atoms with Crippen LogP contribution in [-0.2, 0) is 5.54 Å². The number of hydrogen-bond donors (Lipinski definition) is 4. The molecular formula is C30H30N4O4. The molecule has 0 bridgehead atoms. The molecule has 0 aliphatic rings. The summed E-state index contributed by atoms with van der Waals surface area (Å²) in [5.74, 6) is -1.93. The van der Waals surface area contributed by atoms with Crippen LogP contribution in [0.15, 0.2) is 89.1 Å². The Morgan fingerprint density at radius 2 is 1.63 bits per heavy atom. The number of fused-ring (bicyclic) bond motifs is 1. The van der Waals surface area contributed by atoms with Gasteiger partial charge < -0.3 is 21.3 Å². The number of carbonyl (C=O) groups excluding carboxylic acids is 1. The summed E-state index contributed by atoms with van der Waals surface area (Å²) >= 11 is 0. The van der Waals surface area contributed by atoms with Crippen molar-refractivity contribution in [3.8, 4) is 5.75 Å².